The minimum atomic E-state index is -0.182. The third kappa shape index (κ3) is 2.82. The molecule has 0 aromatic heterocycles. The summed E-state index contributed by atoms with van der Waals surface area (Å²) in [6.07, 6.45) is 0. The number of anilines is 1. The van der Waals surface area contributed by atoms with E-state index in [1.807, 2.05) is 13.0 Å². The number of halogens is 1. The number of benzene rings is 1. The Balaban J connectivity index is 3.27. The van der Waals surface area contributed by atoms with Crippen molar-refractivity contribution in [1.29, 1.82) is 0 Å². The lowest BCUT2D eigenvalue weighted by Crippen LogP contribution is -2.28. The average molecular weight is 258 g/mol. The van der Waals surface area contributed by atoms with Crippen LogP contribution in [-0.4, -0.2) is 33.1 Å². The molecule has 0 atom stereocenters. The quantitative estimate of drug-likeness (QED) is 0.777. The maximum atomic E-state index is 11.6. The lowest BCUT2D eigenvalue weighted by Gasteiger charge is -2.22. The van der Waals surface area contributed by atoms with Crippen LogP contribution in [0.5, 0.6) is 11.5 Å². The highest BCUT2D eigenvalue weighted by Crippen LogP contribution is 2.35. The number of hydrogen-bond acceptors (Lipinski definition) is 3. The van der Waals surface area contributed by atoms with Gasteiger partial charge >= 0.3 is 0 Å². The van der Waals surface area contributed by atoms with Crippen LogP contribution in [0, 0.1) is 6.92 Å². The largest absolute Gasteiger partial charge is 0.497 e. The van der Waals surface area contributed by atoms with Gasteiger partial charge in [0.1, 0.15) is 17.4 Å². The fourth-order valence-corrected chi connectivity index (χ4v) is 1.81. The fourth-order valence-electron chi connectivity index (χ4n) is 1.63. The van der Waals surface area contributed by atoms with Crippen molar-refractivity contribution in [3.8, 4) is 11.5 Å². The number of aryl methyl sites for hydroxylation is 1. The van der Waals surface area contributed by atoms with E-state index in [9.17, 15) is 4.79 Å². The number of alkyl halides is 1. The highest BCUT2D eigenvalue weighted by Gasteiger charge is 2.18. The van der Waals surface area contributed by atoms with Gasteiger partial charge in [-0.15, -0.1) is 11.6 Å². The van der Waals surface area contributed by atoms with E-state index >= 15 is 0 Å². The van der Waals surface area contributed by atoms with Gasteiger partial charge in [0, 0.05) is 13.1 Å². The molecule has 0 radical (unpaired) electrons. The summed E-state index contributed by atoms with van der Waals surface area (Å²) in [6.45, 7) is 1.89. The molecule has 5 heteroatoms. The minimum Gasteiger partial charge on any atom is -0.497 e. The number of hydrogen-bond donors (Lipinski definition) is 0. The average Bonchev–Trinajstić information content (AvgIpc) is 2.35. The molecule has 0 unspecified atom stereocenters. The summed E-state index contributed by atoms with van der Waals surface area (Å²) in [6, 6.07) is 3.58. The summed E-state index contributed by atoms with van der Waals surface area (Å²) >= 11 is 5.55. The van der Waals surface area contributed by atoms with E-state index in [-0.39, 0.29) is 11.8 Å². The van der Waals surface area contributed by atoms with Crippen LogP contribution in [0.15, 0.2) is 12.1 Å². The molecule has 0 spiro atoms. The molecule has 0 aliphatic rings. The number of nitrogens with zero attached hydrogens (tertiary/aromatic N) is 1. The number of methoxy groups -OCH3 is 2. The number of carbonyl (C=O) groups excluding carboxylic acids is 1. The Morgan fingerprint density at radius 3 is 2.47 bits per heavy atom. The molecule has 94 valence electrons. The predicted molar refractivity (Wildman–Crippen MR) is 68.4 cm³/mol. The normalized spacial score (nSPS) is 9.94. The first-order chi connectivity index (χ1) is 8.04. The summed E-state index contributed by atoms with van der Waals surface area (Å²) in [5, 5.41) is 0. The molecule has 0 N–H and O–H groups in total. The van der Waals surface area contributed by atoms with E-state index in [2.05, 4.69) is 0 Å². The van der Waals surface area contributed by atoms with Crippen LogP contribution in [-0.2, 0) is 4.79 Å². The molecule has 1 aromatic rings. The Morgan fingerprint density at radius 1 is 1.35 bits per heavy atom. The predicted octanol–water partition coefficient (Wildman–Crippen LogP) is 2.21. The first-order valence-corrected chi connectivity index (χ1v) is 5.63. The molecule has 0 saturated carbocycles. The van der Waals surface area contributed by atoms with Gasteiger partial charge in [-0.1, -0.05) is 0 Å². The summed E-state index contributed by atoms with van der Waals surface area (Å²) in [4.78, 5) is 13.1. The van der Waals surface area contributed by atoms with Crippen molar-refractivity contribution >= 4 is 23.2 Å². The van der Waals surface area contributed by atoms with Gasteiger partial charge in [0.05, 0.1) is 19.9 Å². The Hall–Kier alpha value is -1.42. The van der Waals surface area contributed by atoms with Crippen LogP contribution >= 0.6 is 11.6 Å². The van der Waals surface area contributed by atoms with Crippen molar-refractivity contribution in [2.45, 2.75) is 6.92 Å². The molecule has 17 heavy (non-hydrogen) atoms. The topological polar surface area (TPSA) is 38.8 Å². The van der Waals surface area contributed by atoms with Gasteiger partial charge in [-0.05, 0) is 18.6 Å². The van der Waals surface area contributed by atoms with Crippen LogP contribution in [0.2, 0.25) is 0 Å². The maximum absolute atomic E-state index is 11.6. The van der Waals surface area contributed by atoms with Crippen molar-refractivity contribution in [2.24, 2.45) is 0 Å². The molecular formula is C12H16ClNO3. The highest BCUT2D eigenvalue weighted by atomic mass is 35.5. The molecule has 0 saturated heterocycles. The van der Waals surface area contributed by atoms with Gasteiger partial charge in [-0.3, -0.25) is 4.79 Å². The van der Waals surface area contributed by atoms with Gasteiger partial charge in [0.25, 0.3) is 0 Å². The minimum absolute atomic E-state index is 0.0644. The van der Waals surface area contributed by atoms with Crippen molar-refractivity contribution in [3.05, 3.63) is 17.7 Å². The van der Waals surface area contributed by atoms with Crippen LogP contribution in [0.4, 0.5) is 5.69 Å². The van der Waals surface area contributed by atoms with Gasteiger partial charge < -0.3 is 14.4 Å². The van der Waals surface area contributed by atoms with E-state index in [0.717, 1.165) is 5.56 Å². The van der Waals surface area contributed by atoms with Crippen molar-refractivity contribution in [3.63, 3.8) is 0 Å². The van der Waals surface area contributed by atoms with Crippen molar-refractivity contribution in [1.82, 2.24) is 0 Å². The highest BCUT2D eigenvalue weighted by molar-refractivity contribution is 6.29. The molecule has 0 bridgehead atoms. The molecule has 0 aliphatic carbocycles. The summed E-state index contributed by atoms with van der Waals surface area (Å²) < 4.78 is 10.4. The molecule has 1 rings (SSSR count). The lowest BCUT2D eigenvalue weighted by molar-refractivity contribution is -0.116. The second kappa shape index (κ2) is 5.77. The summed E-state index contributed by atoms with van der Waals surface area (Å²) in [5.74, 6) is 1.03. The number of rotatable bonds is 4. The van der Waals surface area contributed by atoms with Crippen LogP contribution < -0.4 is 14.4 Å². The second-order valence-corrected chi connectivity index (χ2v) is 3.85. The summed E-state index contributed by atoms with van der Waals surface area (Å²) in [7, 11) is 4.81. The lowest BCUT2D eigenvalue weighted by atomic mass is 10.1. The van der Waals surface area contributed by atoms with E-state index in [4.69, 9.17) is 21.1 Å². The van der Waals surface area contributed by atoms with Crippen molar-refractivity contribution < 1.29 is 14.3 Å². The Bertz CT molecular complexity index is 420. The third-order valence-electron chi connectivity index (χ3n) is 2.52. The number of ether oxygens (including phenoxy) is 2. The SMILES string of the molecule is COc1cc(C)c(N(C)C(=O)CCl)c(OC)c1. The maximum Gasteiger partial charge on any atom is 0.241 e. The smallest absolute Gasteiger partial charge is 0.241 e. The van der Waals surface area contributed by atoms with Gasteiger partial charge in [0.15, 0.2) is 0 Å². The molecule has 0 aliphatic heterocycles. The van der Waals surface area contributed by atoms with Gasteiger partial charge in [-0.2, -0.15) is 0 Å². The first kappa shape index (κ1) is 13.6. The first-order valence-electron chi connectivity index (χ1n) is 5.10. The standard InChI is InChI=1S/C12H16ClNO3/c1-8-5-9(16-3)6-10(17-4)12(8)14(2)11(15)7-13/h5-6H,7H2,1-4H3. The molecular weight excluding hydrogens is 242 g/mol. The zero-order valence-corrected chi connectivity index (χ0v) is 11.2. The van der Waals surface area contributed by atoms with E-state index in [0.29, 0.717) is 17.2 Å². The van der Waals surface area contributed by atoms with Crippen molar-refractivity contribution in [2.75, 3.05) is 32.0 Å². The molecule has 1 aromatic carbocycles. The Kier molecular flexibility index (Phi) is 4.63. The molecule has 0 fully saturated rings. The zero-order valence-electron chi connectivity index (χ0n) is 10.4. The third-order valence-corrected chi connectivity index (χ3v) is 2.75. The van der Waals surface area contributed by atoms with Gasteiger partial charge in [0.2, 0.25) is 5.91 Å². The molecule has 4 nitrogen and oxygen atoms in total. The van der Waals surface area contributed by atoms with E-state index < -0.39 is 0 Å². The molecule has 1 amide bonds. The van der Waals surface area contributed by atoms with E-state index in [1.54, 1.807) is 27.3 Å². The van der Waals surface area contributed by atoms with Crippen LogP contribution in [0.3, 0.4) is 0 Å². The Morgan fingerprint density at radius 2 is 2.00 bits per heavy atom. The van der Waals surface area contributed by atoms with Crippen LogP contribution in [0.1, 0.15) is 5.56 Å². The Labute approximate surface area is 106 Å². The molecule has 0 heterocycles. The van der Waals surface area contributed by atoms with E-state index in [1.165, 1.54) is 4.90 Å². The fraction of sp³-hybridized carbons (Fsp3) is 0.417. The number of carbonyl (C=O) groups is 1. The number of amides is 1. The van der Waals surface area contributed by atoms with Crippen LogP contribution in [0.25, 0.3) is 0 Å². The summed E-state index contributed by atoms with van der Waals surface area (Å²) in [5.41, 5.74) is 1.60. The van der Waals surface area contributed by atoms with Gasteiger partial charge in [-0.25, -0.2) is 0 Å². The monoisotopic (exact) mass is 257 g/mol. The zero-order chi connectivity index (χ0) is 13.0. The second-order valence-electron chi connectivity index (χ2n) is 3.58.